The first-order chi connectivity index (χ1) is 8.36. The summed E-state index contributed by atoms with van der Waals surface area (Å²) in [5.41, 5.74) is 7.61. The summed E-state index contributed by atoms with van der Waals surface area (Å²) in [5.74, 6) is 0. The van der Waals surface area contributed by atoms with Crippen LogP contribution in [-0.2, 0) is 4.74 Å². The van der Waals surface area contributed by atoms with E-state index < -0.39 is 0 Å². The molecule has 0 aliphatic carbocycles. The minimum absolute atomic E-state index is 0.0199. The molecule has 1 aliphatic heterocycles. The molecule has 3 rings (SSSR count). The van der Waals surface area contributed by atoms with Crippen LogP contribution in [0.2, 0.25) is 0 Å². The number of fused-ring (bicyclic) bond motifs is 1. The number of hydrogen-bond acceptors (Lipinski definition) is 3. The Morgan fingerprint density at radius 3 is 3.00 bits per heavy atom. The van der Waals surface area contributed by atoms with E-state index in [2.05, 4.69) is 29.6 Å². The first kappa shape index (κ1) is 11.2. The summed E-state index contributed by atoms with van der Waals surface area (Å²) in [4.78, 5) is 0. The summed E-state index contributed by atoms with van der Waals surface area (Å²) in [5, 5.41) is 3.48. The lowest BCUT2D eigenvalue weighted by Gasteiger charge is -2.27. The molecule has 2 N–H and O–H groups in total. The van der Waals surface area contributed by atoms with Crippen molar-refractivity contribution in [1.82, 2.24) is 0 Å². The van der Waals surface area contributed by atoms with Crippen LogP contribution in [0.3, 0.4) is 0 Å². The highest BCUT2D eigenvalue weighted by molar-refractivity contribution is 7.17. The van der Waals surface area contributed by atoms with Crippen molar-refractivity contribution in [2.75, 3.05) is 6.61 Å². The molecule has 3 heteroatoms. The molecular formula is C14H17NOS. The summed E-state index contributed by atoms with van der Waals surface area (Å²) in [6.45, 7) is 0.862. The summed E-state index contributed by atoms with van der Waals surface area (Å²) < 4.78 is 7.11. The van der Waals surface area contributed by atoms with E-state index in [1.165, 1.54) is 28.5 Å². The molecule has 2 heterocycles. The molecule has 1 fully saturated rings. The van der Waals surface area contributed by atoms with Crippen molar-refractivity contribution in [2.24, 2.45) is 5.73 Å². The third kappa shape index (κ3) is 2.10. The Hall–Kier alpha value is -0.900. The molecule has 2 aromatic rings. The lowest BCUT2D eigenvalue weighted by molar-refractivity contribution is 0.000338. The van der Waals surface area contributed by atoms with Crippen LogP contribution < -0.4 is 5.73 Å². The molecule has 17 heavy (non-hydrogen) atoms. The van der Waals surface area contributed by atoms with Gasteiger partial charge in [0, 0.05) is 11.3 Å². The number of nitrogens with two attached hydrogens (primary N) is 1. The highest BCUT2D eigenvalue weighted by Gasteiger charge is 2.24. The van der Waals surface area contributed by atoms with E-state index in [-0.39, 0.29) is 12.1 Å². The number of rotatable bonds is 2. The van der Waals surface area contributed by atoms with Crippen LogP contribution in [0.1, 0.15) is 30.9 Å². The van der Waals surface area contributed by atoms with Crippen molar-refractivity contribution in [2.45, 2.75) is 31.4 Å². The molecule has 2 unspecified atom stereocenters. The number of hydrogen-bond donors (Lipinski definition) is 1. The molecule has 0 saturated carbocycles. The lowest BCUT2D eigenvalue weighted by atomic mass is 9.96. The molecule has 1 aromatic heterocycles. The van der Waals surface area contributed by atoms with Crippen LogP contribution in [0.4, 0.5) is 0 Å². The van der Waals surface area contributed by atoms with Crippen molar-refractivity contribution in [3.8, 4) is 0 Å². The molecule has 1 saturated heterocycles. The topological polar surface area (TPSA) is 35.2 Å². The van der Waals surface area contributed by atoms with Crippen LogP contribution in [-0.4, -0.2) is 12.7 Å². The minimum atomic E-state index is 0.0199. The van der Waals surface area contributed by atoms with E-state index in [1.807, 2.05) is 0 Å². The van der Waals surface area contributed by atoms with Gasteiger partial charge < -0.3 is 10.5 Å². The third-order valence-corrected chi connectivity index (χ3v) is 4.47. The molecule has 1 aliphatic rings. The highest BCUT2D eigenvalue weighted by atomic mass is 32.1. The molecule has 0 spiro atoms. The summed E-state index contributed by atoms with van der Waals surface area (Å²) in [7, 11) is 0. The first-order valence-electron chi connectivity index (χ1n) is 6.19. The van der Waals surface area contributed by atoms with Crippen LogP contribution >= 0.6 is 11.3 Å². The van der Waals surface area contributed by atoms with Gasteiger partial charge in [-0.1, -0.05) is 18.2 Å². The Balaban J connectivity index is 1.92. The minimum Gasteiger partial charge on any atom is -0.376 e. The molecule has 0 bridgehead atoms. The zero-order valence-electron chi connectivity index (χ0n) is 9.76. The van der Waals surface area contributed by atoms with Crippen LogP contribution in [0.5, 0.6) is 0 Å². The fourth-order valence-corrected chi connectivity index (χ4v) is 3.51. The maximum atomic E-state index is 6.36. The van der Waals surface area contributed by atoms with Gasteiger partial charge in [-0.3, -0.25) is 0 Å². The number of ether oxygens (including phenoxy) is 1. The average Bonchev–Trinajstić information content (AvgIpc) is 2.83. The Kier molecular flexibility index (Phi) is 3.14. The molecule has 2 nitrogen and oxygen atoms in total. The second-order valence-electron chi connectivity index (χ2n) is 4.62. The largest absolute Gasteiger partial charge is 0.376 e. The number of benzene rings is 1. The standard InChI is InChI=1S/C14H17NOS/c15-14(12-6-3-4-8-16-12)11-9-17-13-7-2-1-5-10(11)13/h1-2,5,7,9,12,14H,3-4,6,8,15H2. The van der Waals surface area contributed by atoms with Crippen molar-refractivity contribution >= 4 is 21.4 Å². The normalized spacial score (nSPS) is 22.8. The maximum Gasteiger partial charge on any atom is 0.0768 e. The van der Waals surface area contributed by atoms with Gasteiger partial charge in [-0.15, -0.1) is 11.3 Å². The Bertz CT molecular complexity index is 502. The highest BCUT2D eigenvalue weighted by Crippen LogP contribution is 2.33. The van der Waals surface area contributed by atoms with Gasteiger partial charge in [-0.25, -0.2) is 0 Å². The predicted octanol–water partition coefficient (Wildman–Crippen LogP) is 3.47. The van der Waals surface area contributed by atoms with Crippen LogP contribution in [0.15, 0.2) is 29.6 Å². The van der Waals surface area contributed by atoms with Crippen LogP contribution in [0, 0.1) is 0 Å². The molecular weight excluding hydrogens is 230 g/mol. The smallest absolute Gasteiger partial charge is 0.0768 e. The van der Waals surface area contributed by atoms with Crippen molar-refractivity contribution in [1.29, 1.82) is 0 Å². The maximum absolute atomic E-state index is 6.36. The van der Waals surface area contributed by atoms with Gasteiger partial charge in [-0.2, -0.15) is 0 Å². The monoisotopic (exact) mass is 247 g/mol. The third-order valence-electron chi connectivity index (χ3n) is 3.49. The van der Waals surface area contributed by atoms with E-state index >= 15 is 0 Å². The molecule has 1 aromatic carbocycles. The van der Waals surface area contributed by atoms with E-state index in [4.69, 9.17) is 10.5 Å². The molecule has 90 valence electrons. The summed E-state index contributed by atoms with van der Waals surface area (Å²) in [6.07, 6.45) is 3.70. The SMILES string of the molecule is NC(c1csc2ccccc12)C1CCCCO1. The van der Waals surface area contributed by atoms with Gasteiger partial charge >= 0.3 is 0 Å². The van der Waals surface area contributed by atoms with Crippen molar-refractivity contribution < 1.29 is 4.74 Å². The van der Waals surface area contributed by atoms with Crippen LogP contribution in [0.25, 0.3) is 10.1 Å². The Morgan fingerprint density at radius 1 is 1.29 bits per heavy atom. The quantitative estimate of drug-likeness (QED) is 0.882. The van der Waals surface area contributed by atoms with Gasteiger partial charge in [0.05, 0.1) is 12.1 Å². The molecule has 0 amide bonds. The van der Waals surface area contributed by atoms with E-state index in [0.29, 0.717) is 0 Å². The molecule has 2 atom stereocenters. The van der Waals surface area contributed by atoms with E-state index in [1.54, 1.807) is 11.3 Å². The predicted molar refractivity (Wildman–Crippen MR) is 72.3 cm³/mol. The zero-order chi connectivity index (χ0) is 11.7. The Labute approximate surface area is 105 Å². The van der Waals surface area contributed by atoms with E-state index in [0.717, 1.165) is 13.0 Å². The second-order valence-corrected chi connectivity index (χ2v) is 5.53. The van der Waals surface area contributed by atoms with Crippen molar-refractivity contribution in [3.63, 3.8) is 0 Å². The van der Waals surface area contributed by atoms with E-state index in [9.17, 15) is 0 Å². The summed E-state index contributed by atoms with van der Waals surface area (Å²) >= 11 is 1.77. The van der Waals surface area contributed by atoms with Crippen molar-refractivity contribution in [3.05, 3.63) is 35.2 Å². The average molecular weight is 247 g/mol. The Morgan fingerprint density at radius 2 is 2.18 bits per heavy atom. The lowest BCUT2D eigenvalue weighted by Crippen LogP contribution is -2.31. The van der Waals surface area contributed by atoms with Gasteiger partial charge in [0.2, 0.25) is 0 Å². The van der Waals surface area contributed by atoms with Gasteiger partial charge in [0.15, 0.2) is 0 Å². The zero-order valence-corrected chi connectivity index (χ0v) is 10.6. The number of thiophene rings is 1. The molecule has 0 radical (unpaired) electrons. The fourth-order valence-electron chi connectivity index (χ4n) is 2.51. The first-order valence-corrected chi connectivity index (χ1v) is 7.07. The van der Waals surface area contributed by atoms with Gasteiger partial charge in [-0.05, 0) is 41.7 Å². The fraction of sp³-hybridized carbons (Fsp3) is 0.429. The second kappa shape index (κ2) is 4.77. The summed E-state index contributed by atoms with van der Waals surface area (Å²) in [6, 6.07) is 8.48. The van der Waals surface area contributed by atoms with Gasteiger partial charge in [0.1, 0.15) is 0 Å². The van der Waals surface area contributed by atoms with Gasteiger partial charge in [0.25, 0.3) is 0 Å².